The highest BCUT2D eigenvalue weighted by molar-refractivity contribution is 6.10. The molecule has 0 saturated carbocycles. The monoisotopic (exact) mass is 602 g/mol. The van der Waals surface area contributed by atoms with Crippen LogP contribution in [0.1, 0.15) is 40.0 Å². The Morgan fingerprint density at radius 2 is 1.43 bits per heavy atom. The number of aryl methyl sites for hydroxylation is 3. The van der Waals surface area contributed by atoms with Gasteiger partial charge in [-0.1, -0.05) is 84.4 Å². The van der Waals surface area contributed by atoms with E-state index >= 15 is 0 Å². The number of aromatic nitrogens is 2. The fourth-order valence-electron chi connectivity index (χ4n) is 7.43. The largest absolute Gasteiger partial charge is 0.343 e. The summed E-state index contributed by atoms with van der Waals surface area (Å²) in [5, 5.41) is 6.43. The van der Waals surface area contributed by atoms with E-state index in [1.807, 2.05) is 54.6 Å². The van der Waals surface area contributed by atoms with Crippen LogP contribution in [-0.4, -0.2) is 32.4 Å². The number of carbonyl (C=O) groups excluding carboxylic acids is 2. The molecule has 1 N–H and O–H groups in total. The van der Waals surface area contributed by atoms with Crippen molar-refractivity contribution in [2.24, 2.45) is 7.05 Å². The summed E-state index contributed by atoms with van der Waals surface area (Å²) in [7, 11) is 2.08. The van der Waals surface area contributed by atoms with E-state index in [1.54, 1.807) is 4.90 Å². The summed E-state index contributed by atoms with van der Waals surface area (Å²) >= 11 is 0. The van der Waals surface area contributed by atoms with Crippen molar-refractivity contribution in [3.8, 4) is 11.3 Å². The molecule has 226 valence electrons. The minimum atomic E-state index is -0.429. The van der Waals surface area contributed by atoms with Crippen molar-refractivity contribution in [2.75, 3.05) is 11.9 Å². The van der Waals surface area contributed by atoms with Crippen LogP contribution >= 0.6 is 0 Å². The normalized spacial score (nSPS) is 14.5. The average molecular weight is 603 g/mol. The third kappa shape index (κ3) is 4.25. The number of benzene rings is 5. The van der Waals surface area contributed by atoms with Gasteiger partial charge in [-0.25, -0.2) is 0 Å². The summed E-state index contributed by atoms with van der Waals surface area (Å²) in [5.41, 5.74) is 9.96. The van der Waals surface area contributed by atoms with E-state index in [0.29, 0.717) is 11.3 Å². The van der Waals surface area contributed by atoms with Crippen LogP contribution in [-0.2, 0) is 18.4 Å². The number of anilines is 1. The number of hydrogen-bond donors (Lipinski definition) is 1. The first-order valence-corrected chi connectivity index (χ1v) is 15.8. The SMILES string of the molecule is CCn1c2ccccc2c2cc(NC(=O)CN3C(=O)c4ccccc4C3c3c(-c4ccc(C)cc4)n(C)c4ccccc34)ccc21. The van der Waals surface area contributed by atoms with Gasteiger partial charge in [0.05, 0.1) is 11.7 Å². The second-order valence-corrected chi connectivity index (χ2v) is 12.2. The molecule has 2 aromatic heterocycles. The number of para-hydroxylation sites is 2. The van der Waals surface area contributed by atoms with E-state index in [4.69, 9.17) is 0 Å². The Kier molecular flexibility index (Phi) is 6.53. The van der Waals surface area contributed by atoms with Crippen molar-refractivity contribution in [3.63, 3.8) is 0 Å². The second-order valence-electron chi connectivity index (χ2n) is 12.2. The van der Waals surface area contributed by atoms with E-state index in [2.05, 4.69) is 96.0 Å². The molecule has 6 heteroatoms. The van der Waals surface area contributed by atoms with Gasteiger partial charge in [-0.05, 0) is 61.4 Å². The summed E-state index contributed by atoms with van der Waals surface area (Å²) in [6, 6.07) is 38.6. The van der Waals surface area contributed by atoms with Crippen LogP contribution in [0.3, 0.4) is 0 Å². The van der Waals surface area contributed by atoms with Gasteiger partial charge in [-0.2, -0.15) is 0 Å². The van der Waals surface area contributed by atoms with Gasteiger partial charge in [0, 0.05) is 63.1 Å². The maximum absolute atomic E-state index is 14.1. The molecule has 1 atom stereocenters. The van der Waals surface area contributed by atoms with Gasteiger partial charge in [0.25, 0.3) is 5.91 Å². The summed E-state index contributed by atoms with van der Waals surface area (Å²) in [5.74, 6) is -0.373. The molecule has 1 unspecified atom stereocenters. The van der Waals surface area contributed by atoms with Crippen LogP contribution < -0.4 is 5.32 Å². The van der Waals surface area contributed by atoms with Gasteiger partial charge < -0.3 is 19.4 Å². The topological polar surface area (TPSA) is 59.3 Å². The zero-order valence-corrected chi connectivity index (χ0v) is 26.1. The van der Waals surface area contributed by atoms with Gasteiger partial charge in [-0.15, -0.1) is 0 Å². The number of amides is 2. The Labute approximate surface area is 267 Å². The van der Waals surface area contributed by atoms with Gasteiger partial charge in [0.1, 0.15) is 6.54 Å². The maximum atomic E-state index is 14.1. The van der Waals surface area contributed by atoms with Crippen LogP contribution in [0.25, 0.3) is 44.0 Å². The molecule has 0 aliphatic carbocycles. The molecule has 0 radical (unpaired) electrons. The van der Waals surface area contributed by atoms with E-state index in [9.17, 15) is 9.59 Å². The van der Waals surface area contributed by atoms with Crippen LogP contribution in [0.2, 0.25) is 0 Å². The molecule has 46 heavy (non-hydrogen) atoms. The Morgan fingerprint density at radius 1 is 0.761 bits per heavy atom. The van der Waals surface area contributed by atoms with Crippen molar-refractivity contribution >= 4 is 50.2 Å². The number of nitrogens with zero attached hydrogens (tertiary/aromatic N) is 3. The molecule has 0 fully saturated rings. The molecule has 0 spiro atoms. The molecule has 2 amide bonds. The first-order valence-electron chi connectivity index (χ1n) is 15.8. The van der Waals surface area contributed by atoms with Crippen LogP contribution in [0, 0.1) is 6.92 Å². The molecule has 5 aromatic carbocycles. The van der Waals surface area contributed by atoms with Gasteiger partial charge in [0.15, 0.2) is 0 Å². The highest BCUT2D eigenvalue weighted by atomic mass is 16.2. The quantitative estimate of drug-likeness (QED) is 0.208. The van der Waals surface area contributed by atoms with Gasteiger partial charge >= 0.3 is 0 Å². The smallest absolute Gasteiger partial charge is 0.255 e. The van der Waals surface area contributed by atoms with E-state index < -0.39 is 6.04 Å². The lowest BCUT2D eigenvalue weighted by molar-refractivity contribution is -0.117. The molecule has 0 saturated heterocycles. The Balaban J connectivity index is 1.21. The van der Waals surface area contributed by atoms with Crippen LogP contribution in [0.5, 0.6) is 0 Å². The first-order chi connectivity index (χ1) is 22.4. The fourth-order valence-corrected chi connectivity index (χ4v) is 7.43. The number of rotatable bonds is 6. The molecule has 3 heterocycles. The molecular formula is C40H34N4O2. The lowest BCUT2D eigenvalue weighted by Crippen LogP contribution is -2.36. The molecule has 1 aliphatic heterocycles. The minimum Gasteiger partial charge on any atom is -0.343 e. The van der Waals surface area contributed by atoms with E-state index in [-0.39, 0.29) is 18.4 Å². The predicted molar refractivity (Wildman–Crippen MR) is 186 cm³/mol. The number of hydrogen-bond acceptors (Lipinski definition) is 2. The standard InChI is InChI=1S/C40H34N4O2/c1-4-43-34-16-10-7-11-28(34)32-23-27(21-22-35(32)43)41-36(45)24-44-39(29-12-5-6-13-30(29)40(44)46)37-31-14-8-9-15-33(31)42(3)38(37)26-19-17-25(2)18-20-26/h5-23,39H,4,24H2,1-3H3,(H,41,45). The third-order valence-corrected chi connectivity index (χ3v) is 9.49. The zero-order chi connectivity index (χ0) is 31.5. The zero-order valence-electron chi connectivity index (χ0n) is 26.1. The Morgan fingerprint density at radius 3 is 2.22 bits per heavy atom. The van der Waals surface area contributed by atoms with Gasteiger partial charge in [-0.3, -0.25) is 9.59 Å². The van der Waals surface area contributed by atoms with Crippen LogP contribution in [0.15, 0.2) is 115 Å². The van der Waals surface area contributed by atoms with Crippen LogP contribution in [0.4, 0.5) is 5.69 Å². The predicted octanol–water partition coefficient (Wildman–Crippen LogP) is 8.47. The highest BCUT2D eigenvalue weighted by Gasteiger charge is 2.41. The molecular weight excluding hydrogens is 568 g/mol. The minimum absolute atomic E-state index is 0.0799. The van der Waals surface area contributed by atoms with Crippen molar-refractivity contribution in [1.29, 1.82) is 0 Å². The number of carbonyl (C=O) groups is 2. The summed E-state index contributed by atoms with van der Waals surface area (Å²) in [6.07, 6.45) is 0. The van der Waals surface area contributed by atoms with Gasteiger partial charge in [0.2, 0.25) is 5.91 Å². The second kappa shape index (κ2) is 10.8. The van der Waals surface area contributed by atoms with Crippen molar-refractivity contribution < 1.29 is 9.59 Å². The fraction of sp³-hybridized carbons (Fsp3) is 0.150. The average Bonchev–Trinajstić information content (AvgIpc) is 3.66. The highest BCUT2D eigenvalue weighted by Crippen LogP contribution is 2.46. The molecule has 7 aromatic rings. The third-order valence-electron chi connectivity index (χ3n) is 9.49. The molecule has 8 rings (SSSR count). The van der Waals surface area contributed by atoms with Crippen molar-refractivity contribution in [2.45, 2.75) is 26.4 Å². The summed E-state index contributed by atoms with van der Waals surface area (Å²) in [6.45, 7) is 5.00. The molecule has 0 bridgehead atoms. The lowest BCUT2D eigenvalue weighted by Gasteiger charge is -2.26. The first kappa shape index (κ1) is 27.9. The van der Waals surface area contributed by atoms with E-state index in [1.165, 1.54) is 11.1 Å². The molecule has 1 aliphatic rings. The number of nitrogens with one attached hydrogen (secondary N) is 1. The molecule has 6 nitrogen and oxygen atoms in total. The maximum Gasteiger partial charge on any atom is 0.255 e. The summed E-state index contributed by atoms with van der Waals surface area (Å²) < 4.78 is 4.50. The lowest BCUT2D eigenvalue weighted by atomic mass is 9.93. The Hall–Kier alpha value is -5.62. The van der Waals surface area contributed by atoms with Crippen molar-refractivity contribution in [1.82, 2.24) is 14.0 Å². The number of fused-ring (bicyclic) bond motifs is 5. The van der Waals surface area contributed by atoms with Crippen molar-refractivity contribution in [3.05, 3.63) is 138 Å². The van der Waals surface area contributed by atoms with E-state index in [0.717, 1.165) is 56.1 Å². The Bertz CT molecular complexity index is 2330. The summed E-state index contributed by atoms with van der Waals surface area (Å²) in [4.78, 5) is 29.7.